The maximum atomic E-state index is 10.8. The van der Waals surface area contributed by atoms with Crippen LogP contribution in [0.2, 0.25) is 0 Å². The molecule has 0 N–H and O–H groups in total. The van der Waals surface area contributed by atoms with Crippen LogP contribution in [-0.2, 0) is 0 Å². The summed E-state index contributed by atoms with van der Waals surface area (Å²) in [4.78, 5) is 12.4. The second-order valence-corrected chi connectivity index (χ2v) is 4.40. The van der Waals surface area contributed by atoms with Crippen molar-refractivity contribution >= 4 is 23.1 Å². The standard InChI is InChI=1S/C10H10N2O2S/c1-8-11(6-7-15-8)9-4-2-3-5-10(9)12(13)14/h2-8H,1H3. The maximum Gasteiger partial charge on any atom is 0.292 e. The largest absolute Gasteiger partial charge is 0.329 e. The number of nitrogens with zero attached hydrogens (tertiary/aromatic N) is 2. The Morgan fingerprint density at radius 2 is 2.20 bits per heavy atom. The molecule has 78 valence electrons. The average molecular weight is 222 g/mol. The van der Waals surface area contributed by atoms with Gasteiger partial charge in [-0.25, -0.2) is 0 Å². The van der Waals surface area contributed by atoms with E-state index in [1.54, 1.807) is 23.9 Å². The van der Waals surface area contributed by atoms with E-state index in [4.69, 9.17) is 0 Å². The first-order valence-corrected chi connectivity index (χ1v) is 5.48. The molecule has 0 saturated carbocycles. The van der Waals surface area contributed by atoms with Crippen LogP contribution < -0.4 is 4.90 Å². The minimum absolute atomic E-state index is 0.150. The molecule has 4 nitrogen and oxygen atoms in total. The average Bonchev–Trinajstić information content (AvgIpc) is 2.64. The second-order valence-electron chi connectivity index (χ2n) is 3.17. The van der Waals surface area contributed by atoms with E-state index in [1.807, 2.05) is 29.5 Å². The highest BCUT2D eigenvalue weighted by atomic mass is 32.2. The normalized spacial score (nSPS) is 19.5. The molecule has 2 rings (SSSR count). The molecule has 0 fully saturated rings. The van der Waals surface area contributed by atoms with Crippen molar-refractivity contribution in [3.8, 4) is 0 Å². The number of para-hydroxylation sites is 2. The first kappa shape index (κ1) is 10.0. The first-order chi connectivity index (χ1) is 7.20. The van der Waals surface area contributed by atoms with Gasteiger partial charge in [0.15, 0.2) is 0 Å². The highest BCUT2D eigenvalue weighted by molar-refractivity contribution is 8.03. The molecule has 0 bridgehead atoms. The monoisotopic (exact) mass is 222 g/mol. The van der Waals surface area contributed by atoms with Crippen molar-refractivity contribution in [2.45, 2.75) is 12.3 Å². The van der Waals surface area contributed by atoms with Crippen LogP contribution in [0.5, 0.6) is 0 Å². The number of benzene rings is 1. The molecule has 1 heterocycles. The quantitative estimate of drug-likeness (QED) is 0.570. The summed E-state index contributed by atoms with van der Waals surface area (Å²) < 4.78 is 0. The van der Waals surface area contributed by atoms with Gasteiger partial charge in [-0.15, -0.1) is 11.8 Å². The van der Waals surface area contributed by atoms with Crippen LogP contribution in [0.3, 0.4) is 0 Å². The fraction of sp³-hybridized carbons (Fsp3) is 0.200. The molecule has 1 atom stereocenters. The lowest BCUT2D eigenvalue weighted by Crippen LogP contribution is -2.21. The molecule has 1 aromatic carbocycles. The number of nitro benzene ring substituents is 1. The fourth-order valence-electron chi connectivity index (χ4n) is 1.51. The van der Waals surface area contributed by atoms with Gasteiger partial charge in [0.25, 0.3) is 5.69 Å². The van der Waals surface area contributed by atoms with E-state index in [1.165, 1.54) is 6.07 Å². The molecule has 0 aromatic heterocycles. The van der Waals surface area contributed by atoms with Gasteiger partial charge < -0.3 is 4.90 Å². The van der Waals surface area contributed by atoms with Crippen molar-refractivity contribution in [3.05, 3.63) is 46.0 Å². The molecule has 0 saturated heterocycles. The van der Waals surface area contributed by atoms with Crippen LogP contribution in [0.4, 0.5) is 11.4 Å². The molecule has 1 aromatic rings. The van der Waals surface area contributed by atoms with Gasteiger partial charge in [-0.05, 0) is 18.4 Å². The number of hydrogen-bond acceptors (Lipinski definition) is 4. The van der Waals surface area contributed by atoms with Crippen molar-refractivity contribution in [1.29, 1.82) is 0 Å². The number of thioether (sulfide) groups is 1. The Morgan fingerprint density at radius 1 is 1.47 bits per heavy atom. The summed E-state index contributed by atoms with van der Waals surface area (Å²) >= 11 is 1.64. The summed E-state index contributed by atoms with van der Waals surface area (Å²) in [5.41, 5.74) is 0.799. The summed E-state index contributed by atoms with van der Waals surface area (Å²) in [6, 6.07) is 6.79. The van der Waals surface area contributed by atoms with Gasteiger partial charge >= 0.3 is 0 Å². The molecule has 0 spiro atoms. The van der Waals surface area contributed by atoms with Gasteiger partial charge in [0.1, 0.15) is 5.69 Å². The Kier molecular flexibility index (Phi) is 2.64. The molecule has 0 aliphatic carbocycles. The van der Waals surface area contributed by atoms with E-state index < -0.39 is 0 Å². The predicted molar refractivity (Wildman–Crippen MR) is 61.8 cm³/mol. The highest BCUT2D eigenvalue weighted by Crippen LogP contribution is 2.35. The molecule has 15 heavy (non-hydrogen) atoms. The van der Waals surface area contributed by atoms with Crippen molar-refractivity contribution in [2.75, 3.05) is 4.90 Å². The third kappa shape index (κ3) is 1.83. The van der Waals surface area contributed by atoms with Gasteiger partial charge in [-0.3, -0.25) is 10.1 Å². The molecular formula is C10H10N2O2S. The van der Waals surface area contributed by atoms with Gasteiger partial charge in [-0.2, -0.15) is 0 Å². The van der Waals surface area contributed by atoms with Gasteiger partial charge in [0.2, 0.25) is 0 Å². The molecular weight excluding hydrogens is 212 g/mol. The predicted octanol–water partition coefficient (Wildman–Crippen LogP) is 2.97. The minimum atomic E-state index is -0.348. The highest BCUT2D eigenvalue weighted by Gasteiger charge is 2.23. The van der Waals surface area contributed by atoms with E-state index >= 15 is 0 Å². The number of rotatable bonds is 2. The third-order valence-electron chi connectivity index (χ3n) is 2.25. The van der Waals surface area contributed by atoms with Crippen molar-refractivity contribution in [1.82, 2.24) is 0 Å². The Bertz CT molecular complexity index is 420. The zero-order valence-electron chi connectivity index (χ0n) is 8.16. The van der Waals surface area contributed by atoms with Crippen LogP contribution in [-0.4, -0.2) is 10.3 Å². The molecule has 5 heteroatoms. The summed E-state index contributed by atoms with van der Waals surface area (Å²) in [6.07, 6.45) is 1.87. The lowest BCUT2D eigenvalue weighted by Gasteiger charge is -2.20. The first-order valence-electron chi connectivity index (χ1n) is 4.54. The number of anilines is 1. The van der Waals surface area contributed by atoms with E-state index in [0.717, 1.165) is 0 Å². The SMILES string of the molecule is CC1SC=CN1c1ccccc1[N+](=O)[O-]. The Hall–Kier alpha value is -1.49. The molecule has 1 aliphatic rings. The zero-order chi connectivity index (χ0) is 10.8. The smallest absolute Gasteiger partial charge is 0.292 e. The van der Waals surface area contributed by atoms with Crippen molar-refractivity contribution < 1.29 is 4.92 Å². The number of hydrogen-bond donors (Lipinski definition) is 0. The summed E-state index contributed by atoms with van der Waals surface area (Å²) in [6.45, 7) is 2.02. The fourth-order valence-corrected chi connectivity index (χ4v) is 2.26. The van der Waals surface area contributed by atoms with Crippen LogP contribution in [0.15, 0.2) is 35.9 Å². The second kappa shape index (κ2) is 3.94. The van der Waals surface area contributed by atoms with Gasteiger partial charge in [0, 0.05) is 12.3 Å². The lowest BCUT2D eigenvalue weighted by atomic mass is 10.2. The van der Waals surface area contributed by atoms with Crippen molar-refractivity contribution in [3.63, 3.8) is 0 Å². The maximum absolute atomic E-state index is 10.8. The summed E-state index contributed by atoms with van der Waals surface area (Å²) in [5.74, 6) is 0. The van der Waals surface area contributed by atoms with Crippen LogP contribution >= 0.6 is 11.8 Å². The van der Waals surface area contributed by atoms with Crippen molar-refractivity contribution in [2.24, 2.45) is 0 Å². The molecule has 1 unspecified atom stereocenters. The van der Waals surface area contributed by atoms with E-state index in [9.17, 15) is 10.1 Å². The molecule has 0 radical (unpaired) electrons. The zero-order valence-corrected chi connectivity index (χ0v) is 8.98. The molecule has 0 amide bonds. The number of nitro groups is 1. The van der Waals surface area contributed by atoms with Gasteiger partial charge in [-0.1, -0.05) is 12.1 Å². The topological polar surface area (TPSA) is 46.4 Å². The Morgan fingerprint density at radius 3 is 2.80 bits per heavy atom. The van der Waals surface area contributed by atoms with Gasteiger partial charge in [0.05, 0.1) is 10.3 Å². The van der Waals surface area contributed by atoms with Crippen LogP contribution in [0, 0.1) is 10.1 Å². The lowest BCUT2D eigenvalue weighted by molar-refractivity contribution is -0.384. The Labute approximate surface area is 91.7 Å². The van der Waals surface area contributed by atoms with Crippen LogP contribution in [0.1, 0.15) is 6.92 Å². The van der Waals surface area contributed by atoms with Crippen LogP contribution in [0.25, 0.3) is 0 Å². The van der Waals surface area contributed by atoms with E-state index in [2.05, 4.69) is 0 Å². The Balaban J connectivity index is 2.43. The summed E-state index contributed by atoms with van der Waals surface area (Å²) in [5, 5.41) is 13.0. The van der Waals surface area contributed by atoms with E-state index in [0.29, 0.717) is 5.69 Å². The summed E-state index contributed by atoms with van der Waals surface area (Å²) in [7, 11) is 0. The molecule has 1 aliphatic heterocycles. The third-order valence-corrected chi connectivity index (χ3v) is 3.15. The van der Waals surface area contributed by atoms with E-state index in [-0.39, 0.29) is 16.0 Å². The minimum Gasteiger partial charge on any atom is -0.329 e.